The van der Waals surface area contributed by atoms with Crippen LogP contribution in [0.15, 0.2) is 28.3 Å². The summed E-state index contributed by atoms with van der Waals surface area (Å²) >= 11 is 3.52. The maximum Gasteiger partial charge on any atom is 0.175 e. The lowest BCUT2D eigenvalue weighted by molar-refractivity contribution is 0.207. The normalized spacial score (nSPS) is 20.0. The van der Waals surface area contributed by atoms with E-state index < -0.39 is 6.10 Å². The van der Waals surface area contributed by atoms with Crippen LogP contribution in [-0.4, -0.2) is 18.3 Å². The third kappa shape index (κ3) is 2.86. The van der Waals surface area contributed by atoms with Gasteiger partial charge >= 0.3 is 0 Å². The second-order valence-electron chi connectivity index (χ2n) is 5.31. The van der Waals surface area contributed by atoms with Crippen LogP contribution in [0.1, 0.15) is 43.8 Å². The second-order valence-corrected chi connectivity index (χ2v) is 6.16. The zero-order valence-electron chi connectivity index (χ0n) is 11.4. The minimum absolute atomic E-state index is 0.538. The number of hydrogen-bond donors (Lipinski definition) is 1. The Balaban J connectivity index is 1.92. The first kappa shape index (κ1) is 14.0. The van der Waals surface area contributed by atoms with Crippen LogP contribution in [0.3, 0.4) is 0 Å². The molecule has 0 fully saturated rings. The van der Waals surface area contributed by atoms with Gasteiger partial charge in [0.2, 0.25) is 0 Å². The maximum atomic E-state index is 10.6. The van der Waals surface area contributed by atoms with E-state index in [0.29, 0.717) is 13.2 Å². The highest BCUT2D eigenvalue weighted by Crippen LogP contribution is 2.41. The summed E-state index contributed by atoms with van der Waals surface area (Å²) < 4.78 is 12.3. The van der Waals surface area contributed by atoms with Gasteiger partial charge in [-0.3, -0.25) is 0 Å². The van der Waals surface area contributed by atoms with Gasteiger partial charge in [0, 0.05) is 6.42 Å². The maximum absolute atomic E-state index is 10.6. The Morgan fingerprint density at radius 3 is 2.75 bits per heavy atom. The van der Waals surface area contributed by atoms with Crippen molar-refractivity contribution in [1.29, 1.82) is 0 Å². The fourth-order valence-electron chi connectivity index (χ4n) is 2.73. The quantitative estimate of drug-likeness (QED) is 0.823. The molecule has 0 saturated heterocycles. The van der Waals surface area contributed by atoms with Gasteiger partial charge in [0.25, 0.3) is 0 Å². The Labute approximate surface area is 127 Å². The lowest BCUT2D eigenvalue weighted by Gasteiger charge is -2.20. The number of hydrogen-bond acceptors (Lipinski definition) is 3. The van der Waals surface area contributed by atoms with Gasteiger partial charge in [-0.2, -0.15) is 0 Å². The van der Waals surface area contributed by atoms with Crippen molar-refractivity contribution < 1.29 is 14.6 Å². The van der Waals surface area contributed by atoms with E-state index in [1.807, 2.05) is 12.1 Å². The molecule has 0 aromatic heterocycles. The van der Waals surface area contributed by atoms with E-state index in [1.165, 1.54) is 6.42 Å². The molecule has 3 nitrogen and oxygen atoms in total. The molecule has 1 atom stereocenters. The van der Waals surface area contributed by atoms with Crippen LogP contribution in [0.4, 0.5) is 0 Å². The van der Waals surface area contributed by atoms with Crippen molar-refractivity contribution in [1.82, 2.24) is 0 Å². The molecule has 1 heterocycles. The van der Waals surface area contributed by atoms with Crippen LogP contribution in [0.2, 0.25) is 0 Å². The van der Waals surface area contributed by atoms with Gasteiger partial charge in [-0.25, -0.2) is 0 Å². The molecule has 0 amide bonds. The number of allylic oxidation sites excluding steroid dienone is 1. The molecule has 3 rings (SSSR count). The monoisotopic (exact) mass is 338 g/mol. The first-order valence-electron chi connectivity index (χ1n) is 7.22. The summed E-state index contributed by atoms with van der Waals surface area (Å²) in [6.07, 6.45) is 6.94. The van der Waals surface area contributed by atoms with E-state index in [2.05, 4.69) is 22.0 Å². The zero-order valence-corrected chi connectivity index (χ0v) is 13.0. The molecule has 0 radical (unpaired) electrons. The minimum atomic E-state index is -0.538. The molecule has 1 unspecified atom stereocenters. The van der Waals surface area contributed by atoms with E-state index in [-0.39, 0.29) is 0 Å². The molecule has 1 aromatic carbocycles. The molecule has 1 aromatic rings. The van der Waals surface area contributed by atoms with Gasteiger partial charge in [-0.1, -0.05) is 6.08 Å². The highest BCUT2D eigenvalue weighted by Gasteiger charge is 2.21. The molecule has 0 bridgehead atoms. The third-order valence-corrected chi connectivity index (χ3v) is 4.41. The van der Waals surface area contributed by atoms with E-state index >= 15 is 0 Å². The molecule has 0 spiro atoms. The molecule has 0 saturated carbocycles. The first-order valence-corrected chi connectivity index (χ1v) is 8.01. The van der Waals surface area contributed by atoms with Crippen molar-refractivity contribution in [2.45, 2.75) is 38.2 Å². The van der Waals surface area contributed by atoms with Crippen molar-refractivity contribution in [3.63, 3.8) is 0 Å². The number of aliphatic hydroxyl groups is 1. The van der Waals surface area contributed by atoms with Crippen LogP contribution in [0, 0.1) is 0 Å². The summed E-state index contributed by atoms with van der Waals surface area (Å²) in [4.78, 5) is 0. The van der Waals surface area contributed by atoms with Crippen LogP contribution >= 0.6 is 15.9 Å². The molecule has 108 valence electrons. The lowest BCUT2D eigenvalue weighted by atomic mass is 9.91. The van der Waals surface area contributed by atoms with E-state index in [4.69, 9.17) is 9.47 Å². The molecule has 2 aliphatic rings. The van der Waals surface area contributed by atoms with Gasteiger partial charge in [0.05, 0.1) is 17.7 Å². The standard InChI is InChI=1S/C16H19BrO3/c17-13-9-12(15(18)11-5-2-1-3-6-11)10-14-16(13)20-8-4-7-19-14/h5,9-10,15,18H,1-4,6-8H2. The van der Waals surface area contributed by atoms with Gasteiger partial charge in [0.1, 0.15) is 6.10 Å². The number of ether oxygens (including phenoxy) is 2. The first-order chi connectivity index (χ1) is 9.75. The predicted molar refractivity (Wildman–Crippen MR) is 81.3 cm³/mol. The van der Waals surface area contributed by atoms with Crippen LogP contribution in [0.5, 0.6) is 11.5 Å². The molecular weight excluding hydrogens is 320 g/mol. The fourth-order valence-corrected chi connectivity index (χ4v) is 3.31. The smallest absolute Gasteiger partial charge is 0.175 e. The van der Waals surface area contributed by atoms with E-state index in [9.17, 15) is 5.11 Å². The SMILES string of the molecule is OC(C1=CCCCC1)c1cc(Br)c2c(c1)OCCCO2. The number of benzene rings is 1. The fraction of sp³-hybridized carbons (Fsp3) is 0.500. The number of rotatable bonds is 2. The summed E-state index contributed by atoms with van der Waals surface area (Å²) in [7, 11) is 0. The number of halogens is 1. The Morgan fingerprint density at radius 2 is 1.95 bits per heavy atom. The number of fused-ring (bicyclic) bond motifs is 1. The Morgan fingerprint density at radius 1 is 1.10 bits per heavy atom. The van der Waals surface area contributed by atoms with Gasteiger partial charge in [-0.15, -0.1) is 0 Å². The minimum Gasteiger partial charge on any atom is -0.490 e. The van der Waals surface area contributed by atoms with E-state index in [1.54, 1.807) is 0 Å². The highest BCUT2D eigenvalue weighted by molar-refractivity contribution is 9.10. The zero-order chi connectivity index (χ0) is 13.9. The Kier molecular flexibility index (Phi) is 4.32. The van der Waals surface area contributed by atoms with Crippen molar-refractivity contribution in [3.8, 4) is 11.5 Å². The average Bonchev–Trinajstić information content (AvgIpc) is 2.73. The van der Waals surface area contributed by atoms with Crippen molar-refractivity contribution in [3.05, 3.63) is 33.8 Å². The molecule has 4 heteroatoms. The van der Waals surface area contributed by atoms with Crippen LogP contribution in [-0.2, 0) is 0 Å². The van der Waals surface area contributed by atoms with Crippen molar-refractivity contribution in [2.24, 2.45) is 0 Å². The van der Waals surface area contributed by atoms with Gasteiger partial charge in [-0.05, 0) is 64.9 Å². The topological polar surface area (TPSA) is 38.7 Å². The Hall–Kier alpha value is -1.00. The lowest BCUT2D eigenvalue weighted by Crippen LogP contribution is -2.05. The van der Waals surface area contributed by atoms with Crippen molar-refractivity contribution >= 4 is 15.9 Å². The molecule has 1 aliphatic carbocycles. The summed E-state index contributed by atoms with van der Waals surface area (Å²) in [5, 5.41) is 10.6. The summed E-state index contributed by atoms with van der Waals surface area (Å²) in [5.41, 5.74) is 1.99. The van der Waals surface area contributed by atoms with Crippen LogP contribution in [0.25, 0.3) is 0 Å². The predicted octanol–water partition coefficient (Wildman–Crippen LogP) is 4.14. The summed E-state index contributed by atoms with van der Waals surface area (Å²) in [6.45, 7) is 1.32. The third-order valence-electron chi connectivity index (χ3n) is 3.82. The van der Waals surface area contributed by atoms with Gasteiger partial charge in [0.15, 0.2) is 11.5 Å². The number of aliphatic hydroxyl groups excluding tert-OH is 1. The second kappa shape index (κ2) is 6.19. The summed E-state index contributed by atoms with van der Waals surface area (Å²) in [6, 6.07) is 3.85. The Bertz CT molecular complexity index is 525. The summed E-state index contributed by atoms with van der Waals surface area (Å²) in [5.74, 6) is 1.47. The van der Waals surface area contributed by atoms with Crippen molar-refractivity contribution in [2.75, 3.05) is 13.2 Å². The highest BCUT2D eigenvalue weighted by atomic mass is 79.9. The molecule has 20 heavy (non-hydrogen) atoms. The largest absolute Gasteiger partial charge is 0.490 e. The average molecular weight is 339 g/mol. The molecular formula is C16H19BrO3. The van der Waals surface area contributed by atoms with Gasteiger partial charge < -0.3 is 14.6 Å². The van der Waals surface area contributed by atoms with E-state index in [0.717, 1.165) is 52.8 Å². The molecule has 1 N–H and O–H groups in total. The molecule has 1 aliphatic heterocycles. The van der Waals surface area contributed by atoms with Crippen LogP contribution < -0.4 is 9.47 Å².